The quantitative estimate of drug-likeness (QED) is 0.102. The van der Waals surface area contributed by atoms with Gasteiger partial charge in [-0.3, -0.25) is 4.79 Å². The van der Waals surface area contributed by atoms with Gasteiger partial charge in [0.1, 0.15) is 11.5 Å². The van der Waals surface area contributed by atoms with Crippen molar-refractivity contribution in [2.45, 2.75) is 13.3 Å². The van der Waals surface area contributed by atoms with Crippen molar-refractivity contribution in [2.24, 2.45) is 0 Å². The average Bonchev–Trinajstić information content (AvgIpc) is 2.96. The van der Waals surface area contributed by atoms with Crippen LogP contribution in [0.15, 0.2) is 103 Å². The first-order valence-corrected chi connectivity index (χ1v) is 12.3. The lowest BCUT2D eigenvalue weighted by atomic mass is 10.0. The first kappa shape index (κ1) is 28.8. The van der Waals surface area contributed by atoms with E-state index in [1.54, 1.807) is 49.4 Å². The smallest absolute Gasteiger partial charge is 0.341 e. The van der Waals surface area contributed by atoms with Crippen LogP contribution in [-0.4, -0.2) is 42.6 Å². The summed E-state index contributed by atoms with van der Waals surface area (Å²) in [4.78, 5) is 35.7. The highest BCUT2D eigenvalue weighted by molar-refractivity contribution is 6.07. The maximum absolute atomic E-state index is 12.6. The van der Waals surface area contributed by atoms with Crippen LogP contribution in [0, 0.1) is 0 Å². The summed E-state index contributed by atoms with van der Waals surface area (Å²) in [7, 11) is 0. The molecular weight excluding hydrogens is 496 g/mol. The van der Waals surface area contributed by atoms with Crippen LogP contribution in [-0.2, 0) is 14.3 Å². The zero-order chi connectivity index (χ0) is 28.2. The number of esters is 2. The predicted molar refractivity (Wildman–Crippen MR) is 149 cm³/mol. The van der Waals surface area contributed by atoms with E-state index in [0.717, 1.165) is 16.7 Å². The summed E-state index contributed by atoms with van der Waals surface area (Å²) in [5.41, 5.74) is 3.54. The Kier molecular flexibility index (Phi) is 10.5. The average molecular weight is 527 g/mol. The molecule has 0 amide bonds. The molecule has 3 aromatic rings. The second-order valence-electron chi connectivity index (χ2n) is 8.64. The van der Waals surface area contributed by atoms with Crippen molar-refractivity contribution in [3.05, 3.63) is 114 Å². The van der Waals surface area contributed by atoms with E-state index in [1.807, 2.05) is 36.4 Å². The predicted octanol–water partition coefficient (Wildman–Crippen LogP) is 5.59. The molecule has 3 rings (SSSR count). The molecule has 7 nitrogen and oxygen atoms in total. The number of aliphatic hydroxyl groups is 1. The highest BCUT2D eigenvalue weighted by atomic mass is 16.5. The third kappa shape index (κ3) is 8.94. The maximum Gasteiger partial charge on any atom is 0.341 e. The summed E-state index contributed by atoms with van der Waals surface area (Å²) in [5, 5.41) is 8.96. The normalized spacial score (nSPS) is 10.6. The van der Waals surface area contributed by atoms with Crippen LogP contribution in [0.2, 0.25) is 0 Å². The molecule has 0 aliphatic carbocycles. The molecule has 0 bridgehead atoms. The molecule has 0 saturated carbocycles. The van der Waals surface area contributed by atoms with Crippen molar-refractivity contribution >= 4 is 23.8 Å². The standard InChI is InChI=1S/C32H30O7/c1-22(2)31(35)38-20-4-19-37-28-14-5-24(6-15-28)7-18-30(34)27-10-8-25(9-11-27)26-12-16-29(17-13-26)39-32(36)23(3)21-33/h5-18,33H,1,3-4,19-21H2,2H3/b18-7+. The van der Waals surface area contributed by atoms with Gasteiger partial charge in [-0.05, 0) is 54.0 Å². The Labute approximate surface area is 227 Å². The Morgan fingerprint density at radius 1 is 0.795 bits per heavy atom. The van der Waals surface area contributed by atoms with E-state index in [4.69, 9.17) is 19.3 Å². The number of rotatable bonds is 13. The Morgan fingerprint density at radius 3 is 1.97 bits per heavy atom. The van der Waals surface area contributed by atoms with Gasteiger partial charge in [-0.25, -0.2) is 9.59 Å². The summed E-state index contributed by atoms with van der Waals surface area (Å²) in [6.07, 6.45) is 3.82. The molecule has 0 aliphatic rings. The molecule has 0 aliphatic heterocycles. The van der Waals surface area contributed by atoms with Gasteiger partial charge in [0.05, 0.1) is 25.4 Å². The highest BCUT2D eigenvalue weighted by Crippen LogP contribution is 2.24. The number of benzene rings is 3. The third-order valence-corrected chi connectivity index (χ3v) is 5.49. The molecule has 0 spiro atoms. The molecular formula is C32H30O7. The lowest BCUT2D eigenvalue weighted by molar-refractivity contribution is -0.139. The van der Waals surface area contributed by atoms with Gasteiger partial charge in [-0.2, -0.15) is 0 Å². The molecule has 0 heterocycles. The molecule has 0 radical (unpaired) electrons. The van der Waals surface area contributed by atoms with Gasteiger partial charge in [-0.1, -0.05) is 67.8 Å². The fourth-order valence-electron chi connectivity index (χ4n) is 3.27. The summed E-state index contributed by atoms with van der Waals surface area (Å²) in [6.45, 7) is 8.78. The Bertz CT molecular complexity index is 1350. The number of carbonyl (C=O) groups is 3. The molecule has 0 saturated heterocycles. The Hall–Kier alpha value is -4.75. The molecule has 0 atom stereocenters. The number of hydrogen-bond acceptors (Lipinski definition) is 7. The molecule has 39 heavy (non-hydrogen) atoms. The van der Waals surface area contributed by atoms with Crippen molar-refractivity contribution in [1.82, 2.24) is 0 Å². The first-order valence-electron chi connectivity index (χ1n) is 12.3. The van der Waals surface area contributed by atoms with Gasteiger partial charge in [-0.15, -0.1) is 0 Å². The molecule has 0 aromatic heterocycles. The van der Waals surface area contributed by atoms with Crippen molar-refractivity contribution in [3.8, 4) is 22.6 Å². The van der Waals surface area contributed by atoms with Gasteiger partial charge < -0.3 is 19.3 Å². The van der Waals surface area contributed by atoms with Crippen LogP contribution < -0.4 is 9.47 Å². The first-order chi connectivity index (χ1) is 18.8. The van der Waals surface area contributed by atoms with Crippen molar-refractivity contribution in [1.29, 1.82) is 0 Å². The van der Waals surface area contributed by atoms with Crippen LogP contribution in [0.1, 0.15) is 29.3 Å². The number of ketones is 1. The number of carbonyl (C=O) groups excluding carboxylic acids is 3. The summed E-state index contributed by atoms with van der Waals surface area (Å²) < 4.78 is 15.8. The monoisotopic (exact) mass is 526 g/mol. The molecule has 0 fully saturated rings. The lowest BCUT2D eigenvalue weighted by Gasteiger charge is -2.07. The van der Waals surface area contributed by atoms with E-state index < -0.39 is 18.5 Å². The molecule has 1 N–H and O–H groups in total. The van der Waals surface area contributed by atoms with Gasteiger partial charge in [0.15, 0.2) is 5.78 Å². The van der Waals surface area contributed by atoms with Crippen LogP contribution in [0.5, 0.6) is 11.5 Å². The number of aliphatic hydroxyl groups excluding tert-OH is 1. The molecule has 3 aromatic carbocycles. The van der Waals surface area contributed by atoms with Gasteiger partial charge >= 0.3 is 11.9 Å². The third-order valence-electron chi connectivity index (χ3n) is 5.49. The SMILES string of the molecule is C=C(C)C(=O)OCCCOc1ccc(/C=C/C(=O)c2ccc(-c3ccc(OC(=O)C(=C)CO)cc3)cc2)cc1. The van der Waals surface area contributed by atoms with Crippen LogP contribution in [0.25, 0.3) is 17.2 Å². The Balaban J connectivity index is 1.49. The minimum absolute atomic E-state index is 0.0214. The zero-order valence-electron chi connectivity index (χ0n) is 21.7. The largest absolute Gasteiger partial charge is 0.493 e. The van der Waals surface area contributed by atoms with E-state index in [1.165, 1.54) is 6.08 Å². The number of hydrogen-bond donors (Lipinski definition) is 1. The Morgan fingerprint density at radius 2 is 1.38 bits per heavy atom. The molecule has 7 heteroatoms. The fraction of sp³-hybridized carbons (Fsp3) is 0.156. The lowest BCUT2D eigenvalue weighted by Crippen LogP contribution is -2.12. The van der Waals surface area contributed by atoms with E-state index in [0.29, 0.717) is 35.7 Å². The van der Waals surface area contributed by atoms with Gasteiger partial charge in [0.25, 0.3) is 0 Å². The molecule has 200 valence electrons. The van der Waals surface area contributed by atoms with Crippen molar-refractivity contribution in [2.75, 3.05) is 19.8 Å². The minimum atomic E-state index is -0.679. The maximum atomic E-state index is 12.6. The van der Waals surface area contributed by atoms with E-state index in [-0.39, 0.29) is 18.0 Å². The van der Waals surface area contributed by atoms with Crippen LogP contribution in [0.4, 0.5) is 0 Å². The van der Waals surface area contributed by atoms with Crippen LogP contribution >= 0.6 is 0 Å². The highest BCUT2D eigenvalue weighted by Gasteiger charge is 2.09. The minimum Gasteiger partial charge on any atom is -0.493 e. The van der Waals surface area contributed by atoms with E-state index >= 15 is 0 Å². The topological polar surface area (TPSA) is 99.1 Å². The zero-order valence-corrected chi connectivity index (χ0v) is 21.7. The van der Waals surface area contributed by atoms with E-state index in [2.05, 4.69) is 13.2 Å². The van der Waals surface area contributed by atoms with Gasteiger partial charge in [0, 0.05) is 17.6 Å². The number of allylic oxidation sites excluding steroid dienone is 1. The van der Waals surface area contributed by atoms with Crippen LogP contribution in [0.3, 0.4) is 0 Å². The fourth-order valence-corrected chi connectivity index (χ4v) is 3.27. The van der Waals surface area contributed by atoms with E-state index in [9.17, 15) is 14.4 Å². The summed E-state index contributed by atoms with van der Waals surface area (Å²) >= 11 is 0. The van der Waals surface area contributed by atoms with Gasteiger partial charge in [0.2, 0.25) is 0 Å². The summed E-state index contributed by atoms with van der Waals surface area (Å²) in [5.74, 6) is -0.187. The second kappa shape index (κ2) is 14.3. The van der Waals surface area contributed by atoms with Crippen molar-refractivity contribution in [3.63, 3.8) is 0 Å². The van der Waals surface area contributed by atoms with Crippen molar-refractivity contribution < 1.29 is 33.7 Å². The molecule has 0 unspecified atom stereocenters. The number of ether oxygens (including phenoxy) is 3. The second-order valence-corrected chi connectivity index (χ2v) is 8.64. The summed E-state index contributed by atoms with van der Waals surface area (Å²) in [6, 6.07) is 21.4.